The van der Waals surface area contributed by atoms with Gasteiger partial charge in [-0.1, -0.05) is 32.1 Å². The predicted molar refractivity (Wildman–Crippen MR) is 124 cm³/mol. The topological polar surface area (TPSA) is 92.3 Å². The summed E-state index contributed by atoms with van der Waals surface area (Å²) in [5.74, 6) is -3.47. The fraction of sp³-hybridized carbons (Fsp3) is 0.462. The Balaban J connectivity index is 1.80. The molecule has 1 aromatic rings. The molecule has 1 aromatic carbocycles. The monoisotopic (exact) mass is 454 g/mol. The molecule has 1 atom stereocenters. The number of amides is 2. The molecule has 0 saturated carbocycles. The average Bonchev–Trinajstić information content (AvgIpc) is 2.74. The van der Waals surface area contributed by atoms with Crippen molar-refractivity contribution >= 4 is 29.5 Å². The summed E-state index contributed by atoms with van der Waals surface area (Å²) in [7, 11) is 0. The van der Waals surface area contributed by atoms with Gasteiger partial charge in [0, 0.05) is 41.8 Å². The Morgan fingerprint density at radius 2 is 1.94 bits per heavy atom. The Morgan fingerprint density at radius 1 is 1.21 bits per heavy atom. The molecule has 2 saturated heterocycles. The summed E-state index contributed by atoms with van der Waals surface area (Å²) >= 11 is 0. The van der Waals surface area contributed by atoms with E-state index in [1.54, 1.807) is 6.08 Å². The van der Waals surface area contributed by atoms with Crippen molar-refractivity contribution in [3.63, 3.8) is 0 Å². The summed E-state index contributed by atoms with van der Waals surface area (Å²) in [6, 6.07) is 2.43. The molecule has 176 valence electrons. The van der Waals surface area contributed by atoms with Gasteiger partial charge in [0.25, 0.3) is 0 Å². The number of carbonyl (C=O) groups is 4. The van der Waals surface area contributed by atoms with Crippen LogP contribution in [0.5, 0.6) is 0 Å². The zero-order valence-electron chi connectivity index (χ0n) is 19.3. The van der Waals surface area contributed by atoms with Crippen molar-refractivity contribution < 1.29 is 23.6 Å². The van der Waals surface area contributed by atoms with Gasteiger partial charge in [0.2, 0.25) is 11.8 Å². The third-order valence-electron chi connectivity index (χ3n) is 6.63. The lowest BCUT2D eigenvalue weighted by molar-refractivity contribution is -0.135. The summed E-state index contributed by atoms with van der Waals surface area (Å²) in [5, 5.41) is 5.53. The maximum Gasteiger partial charge on any atom is 0.234 e. The molecule has 33 heavy (non-hydrogen) atoms. The SMILES string of the molecule is C=C(C(=O)c1cc(/C=C\CCC2(CCC)CNC2)c(F)cc1C(C)=O)C1CCC(=O)NC1=O. The van der Waals surface area contributed by atoms with Crippen molar-refractivity contribution in [1.82, 2.24) is 10.6 Å². The van der Waals surface area contributed by atoms with Crippen molar-refractivity contribution in [2.45, 2.75) is 52.4 Å². The number of imide groups is 1. The lowest BCUT2D eigenvalue weighted by Gasteiger charge is -2.43. The highest BCUT2D eigenvalue weighted by Crippen LogP contribution is 2.34. The van der Waals surface area contributed by atoms with Crippen molar-refractivity contribution in [3.05, 3.63) is 52.9 Å². The standard InChI is InChI=1S/C26H31FN2O4/c1-4-10-26(14-28-15-26)11-6-5-7-18-12-21(20(17(3)30)13-22(18)27)24(32)16(2)19-8-9-23(31)29-25(19)33/h5,7,12-13,19,28H,2,4,6,8-11,14-15H2,1,3H3,(H,29,31,33)/b7-5-. The van der Waals surface area contributed by atoms with E-state index in [1.807, 2.05) is 6.08 Å². The van der Waals surface area contributed by atoms with Gasteiger partial charge in [0.15, 0.2) is 11.6 Å². The van der Waals surface area contributed by atoms with Gasteiger partial charge in [0.1, 0.15) is 5.82 Å². The molecule has 0 spiro atoms. The zero-order chi connectivity index (χ0) is 24.2. The van der Waals surface area contributed by atoms with Gasteiger partial charge in [-0.3, -0.25) is 24.5 Å². The number of nitrogens with one attached hydrogen (secondary N) is 2. The second-order valence-corrected chi connectivity index (χ2v) is 9.13. The van der Waals surface area contributed by atoms with E-state index < -0.39 is 35.1 Å². The smallest absolute Gasteiger partial charge is 0.234 e. The minimum Gasteiger partial charge on any atom is -0.316 e. The summed E-state index contributed by atoms with van der Waals surface area (Å²) in [5.41, 5.74) is 0.463. The van der Waals surface area contributed by atoms with Crippen LogP contribution in [0, 0.1) is 17.2 Å². The summed E-state index contributed by atoms with van der Waals surface area (Å²) < 4.78 is 14.7. The van der Waals surface area contributed by atoms with E-state index >= 15 is 0 Å². The van der Waals surface area contributed by atoms with Gasteiger partial charge in [-0.05, 0) is 50.2 Å². The minimum atomic E-state index is -0.857. The highest BCUT2D eigenvalue weighted by atomic mass is 19.1. The lowest BCUT2D eigenvalue weighted by Crippen LogP contribution is -2.53. The number of hydrogen-bond donors (Lipinski definition) is 2. The molecule has 1 unspecified atom stereocenters. The van der Waals surface area contributed by atoms with E-state index in [1.165, 1.54) is 13.0 Å². The number of hydrogen-bond acceptors (Lipinski definition) is 5. The number of Topliss-reactive ketones (excluding diaryl/α,β-unsaturated/α-hetero) is 2. The third-order valence-corrected chi connectivity index (χ3v) is 6.63. The zero-order valence-corrected chi connectivity index (χ0v) is 19.3. The summed E-state index contributed by atoms with van der Waals surface area (Å²) in [6.07, 6.45) is 7.85. The molecule has 2 aliphatic heterocycles. The number of benzene rings is 1. The molecule has 3 rings (SSSR count). The number of allylic oxidation sites excluding steroid dienone is 1. The molecule has 0 bridgehead atoms. The largest absolute Gasteiger partial charge is 0.316 e. The maximum absolute atomic E-state index is 14.7. The van der Waals surface area contributed by atoms with Gasteiger partial charge in [-0.25, -0.2) is 4.39 Å². The van der Waals surface area contributed by atoms with Crippen LogP contribution < -0.4 is 10.6 Å². The van der Waals surface area contributed by atoms with Crippen LogP contribution in [-0.4, -0.2) is 36.5 Å². The molecule has 2 fully saturated rings. The van der Waals surface area contributed by atoms with Gasteiger partial charge in [-0.2, -0.15) is 0 Å². The highest BCUT2D eigenvalue weighted by molar-refractivity contribution is 6.18. The first-order chi connectivity index (χ1) is 15.7. The van der Waals surface area contributed by atoms with E-state index in [0.717, 1.165) is 44.8 Å². The maximum atomic E-state index is 14.7. The molecule has 0 radical (unpaired) electrons. The quantitative estimate of drug-likeness (QED) is 0.317. The summed E-state index contributed by atoms with van der Waals surface area (Å²) in [4.78, 5) is 48.9. The second-order valence-electron chi connectivity index (χ2n) is 9.13. The Hall–Kier alpha value is -2.93. The number of ketones is 2. The molecule has 2 N–H and O–H groups in total. The van der Waals surface area contributed by atoms with E-state index in [9.17, 15) is 23.6 Å². The number of halogens is 1. The normalized spacial score (nSPS) is 19.8. The Bertz CT molecular complexity index is 1020. The highest BCUT2D eigenvalue weighted by Gasteiger charge is 2.35. The molecule has 2 heterocycles. The van der Waals surface area contributed by atoms with Crippen LogP contribution in [0.4, 0.5) is 4.39 Å². The van der Waals surface area contributed by atoms with Crippen molar-refractivity contribution in [2.75, 3.05) is 13.1 Å². The molecule has 2 aliphatic rings. The number of rotatable bonds is 10. The van der Waals surface area contributed by atoms with Crippen molar-refractivity contribution in [3.8, 4) is 0 Å². The van der Waals surface area contributed by atoms with Crippen molar-refractivity contribution in [2.24, 2.45) is 11.3 Å². The predicted octanol–water partition coefficient (Wildman–Crippen LogP) is 4.00. The third kappa shape index (κ3) is 5.53. The van der Waals surface area contributed by atoms with Gasteiger partial charge >= 0.3 is 0 Å². The number of carbonyl (C=O) groups excluding carboxylic acids is 4. The van der Waals surface area contributed by atoms with Gasteiger partial charge in [0.05, 0.1) is 5.92 Å². The Kier molecular flexibility index (Phi) is 7.74. The van der Waals surface area contributed by atoms with Crippen LogP contribution in [0.2, 0.25) is 0 Å². The average molecular weight is 455 g/mol. The Morgan fingerprint density at radius 3 is 2.52 bits per heavy atom. The van der Waals surface area contributed by atoms with E-state index in [2.05, 4.69) is 24.1 Å². The molecular weight excluding hydrogens is 423 g/mol. The van der Waals surface area contributed by atoms with E-state index in [-0.39, 0.29) is 35.1 Å². The first kappa shape index (κ1) is 24.7. The van der Waals surface area contributed by atoms with Crippen molar-refractivity contribution in [1.29, 1.82) is 0 Å². The first-order valence-corrected chi connectivity index (χ1v) is 11.5. The molecule has 2 amide bonds. The lowest BCUT2D eigenvalue weighted by atomic mass is 9.74. The minimum absolute atomic E-state index is 0.0111. The fourth-order valence-electron chi connectivity index (χ4n) is 4.64. The van der Waals surface area contributed by atoms with Crippen LogP contribution in [0.3, 0.4) is 0 Å². The van der Waals surface area contributed by atoms with Crippen LogP contribution >= 0.6 is 0 Å². The van der Waals surface area contributed by atoms with E-state index in [0.29, 0.717) is 5.41 Å². The van der Waals surface area contributed by atoms with Crippen LogP contribution in [-0.2, 0) is 9.59 Å². The molecule has 7 heteroatoms. The fourth-order valence-corrected chi connectivity index (χ4v) is 4.64. The van der Waals surface area contributed by atoms with E-state index in [4.69, 9.17) is 0 Å². The van der Waals surface area contributed by atoms with Gasteiger partial charge in [-0.15, -0.1) is 0 Å². The number of piperidine rings is 1. The Labute approximate surface area is 193 Å². The molecular formula is C26H31FN2O4. The van der Waals surface area contributed by atoms with Crippen LogP contribution in [0.1, 0.15) is 78.7 Å². The van der Waals surface area contributed by atoms with Crippen LogP contribution in [0.25, 0.3) is 6.08 Å². The van der Waals surface area contributed by atoms with Gasteiger partial charge < -0.3 is 5.32 Å². The molecule has 6 nitrogen and oxygen atoms in total. The summed E-state index contributed by atoms with van der Waals surface area (Å²) in [6.45, 7) is 9.19. The molecule has 0 aromatic heterocycles. The molecule has 0 aliphatic carbocycles. The van der Waals surface area contributed by atoms with Crippen LogP contribution in [0.15, 0.2) is 30.4 Å². The first-order valence-electron chi connectivity index (χ1n) is 11.5. The second kappa shape index (κ2) is 10.3.